The first-order valence-electron chi connectivity index (χ1n) is 7.70. The number of ether oxygens (including phenoxy) is 1. The van der Waals surface area contributed by atoms with Gasteiger partial charge in [-0.05, 0) is 31.0 Å². The quantitative estimate of drug-likeness (QED) is 0.858. The van der Waals surface area contributed by atoms with Crippen LogP contribution in [-0.4, -0.2) is 39.0 Å². The van der Waals surface area contributed by atoms with Gasteiger partial charge in [0.05, 0.1) is 5.69 Å². The molecule has 128 valence electrons. The molecule has 0 radical (unpaired) electrons. The molecule has 5 nitrogen and oxygen atoms in total. The van der Waals surface area contributed by atoms with Gasteiger partial charge in [0, 0.05) is 32.0 Å². The van der Waals surface area contributed by atoms with Gasteiger partial charge in [-0.3, -0.25) is 9.88 Å². The van der Waals surface area contributed by atoms with Crippen LogP contribution >= 0.6 is 0 Å². The van der Waals surface area contributed by atoms with Crippen LogP contribution in [0.2, 0.25) is 0 Å². The lowest BCUT2D eigenvalue weighted by Gasteiger charge is -2.31. The summed E-state index contributed by atoms with van der Waals surface area (Å²) in [7, 11) is 0. The van der Waals surface area contributed by atoms with E-state index in [-0.39, 0.29) is 12.1 Å². The van der Waals surface area contributed by atoms with E-state index < -0.39 is 11.9 Å². The second kappa shape index (κ2) is 7.12. The number of rotatable bonds is 4. The lowest BCUT2D eigenvalue weighted by molar-refractivity contribution is -0.141. The standard InChI is InChI=1S/C16H17F3N4O/c17-16(18,19)14-4-8-21-15(22-14)24-13-5-9-23(10-6-13)11-12-3-1-2-7-20-12/h1-4,7-8,13H,5-6,9-11H2. The van der Waals surface area contributed by atoms with Crippen LogP contribution in [0.25, 0.3) is 0 Å². The number of pyridine rings is 1. The summed E-state index contributed by atoms with van der Waals surface area (Å²) < 4.78 is 43.5. The number of halogens is 3. The third kappa shape index (κ3) is 4.41. The molecule has 3 heterocycles. The molecule has 0 aliphatic carbocycles. The highest BCUT2D eigenvalue weighted by atomic mass is 19.4. The predicted molar refractivity (Wildman–Crippen MR) is 80.2 cm³/mol. The van der Waals surface area contributed by atoms with Crippen LogP contribution in [0.5, 0.6) is 6.01 Å². The first-order chi connectivity index (χ1) is 11.5. The summed E-state index contributed by atoms with van der Waals surface area (Å²) in [6.07, 6.45) is -0.405. The van der Waals surface area contributed by atoms with E-state index in [1.807, 2.05) is 18.2 Å². The summed E-state index contributed by atoms with van der Waals surface area (Å²) in [4.78, 5) is 13.8. The topological polar surface area (TPSA) is 51.1 Å². The lowest BCUT2D eigenvalue weighted by Crippen LogP contribution is -2.38. The summed E-state index contributed by atoms with van der Waals surface area (Å²) in [5.41, 5.74) is 0.0122. The number of aromatic nitrogens is 3. The summed E-state index contributed by atoms with van der Waals surface area (Å²) >= 11 is 0. The molecule has 0 aromatic carbocycles. The number of piperidine rings is 1. The van der Waals surface area contributed by atoms with Crippen LogP contribution < -0.4 is 4.74 Å². The van der Waals surface area contributed by atoms with Gasteiger partial charge in [-0.1, -0.05) is 6.07 Å². The van der Waals surface area contributed by atoms with Crippen LogP contribution in [0, 0.1) is 0 Å². The van der Waals surface area contributed by atoms with Gasteiger partial charge in [0.15, 0.2) is 5.69 Å². The molecular weight excluding hydrogens is 321 g/mol. The molecule has 1 saturated heterocycles. The minimum atomic E-state index is -4.49. The zero-order valence-electron chi connectivity index (χ0n) is 12.9. The van der Waals surface area contributed by atoms with Gasteiger partial charge >= 0.3 is 12.2 Å². The molecule has 0 amide bonds. The smallest absolute Gasteiger partial charge is 0.433 e. The molecule has 3 rings (SSSR count). The Morgan fingerprint density at radius 2 is 1.88 bits per heavy atom. The second-order valence-electron chi connectivity index (χ2n) is 5.64. The number of likely N-dealkylation sites (tertiary alicyclic amines) is 1. The zero-order valence-corrected chi connectivity index (χ0v) is 12.9. The summed E-state index contributed by atoms with van der Waals surface area (Å²) in [5, 5.41) is 0. The molecule has 1 aliphatic rings. The highest BCUT2D eigenvalue weighted by Gasteiger charge is 2.33. The summed E-state index contributed by atoms with van der Waals surface area (Å²) in [5.74, 6) is 0. The maximum atomic E-state index is 12.6. The highest BCUT2D eigenvalue weighted by Crippen LogP contribution is 2.28. The van der Waals surface area contributed by atoms with Gasteiger partial charge in [-0.2, -0.15) is 18.2 Å². The zero-order chi connectivity index (χ0) is 17.0. The van der Waals surface area contributed by atoms with Crippen molar-refractivity contribution in [3.8, 4) is 6.01 Å². The average molecular weight is 338 g/mol. The van der Waals surface area contributed by atoms with Crippen molar-refractivity contribution >= 4 is 0 Å². The number of alkyl halides is 3. The molecule has 0 bridgehead atoms. The van der Waals surface area contributed by atoms with Crippen molar-refractivity contribution in [1.82, 2.24) is 19.9 Å². The van der Waals surface area contributed by atoms with Crippen LogP contribution in [0.3, 0.4) is 0 Å². The SMILES string of the molecule is FC(F)(F)c1ccnc(OC2CCN(Cc3ccccn3)CC2)n1. The average Bonchev–Trinajstić information content (AvgIpc) is 2.57. The van der Waals surface area contributed by atoms with E-state index in [1.165, 1.54) is 0 Å². The van der Waals surface area contributed by atoms with Crippen LogP contribution in [-0.2, 0) is 12.7 Å². The third-order valence-corrected chi connectivity index (χ3v) is 3.84. The largest absolute Gasteiger partial charge is 0.460 e. The van der Waals surface area contributed by atoms with E-state index in [1.54, 1.807) is 6.20 Å². The highest BCUT2D eigenvalue weighted by molar-refractivity contribution is 5.09. The van der Waals surface area contributed by atoms with E-state index in [4.69, 9.17) is 4.74 Å². The van der Waals surface area contributed by atoms with E-state index in [9.17, 15) is 13.2 Å². The first-order valence-corrected chi connectivity index (χ1v) is 7.70. The van der Waals surface area contributed by atoms with Crippen molar-refractivity contribution in [1.29, 1.82) is 0 Å². The molecule has 0 saturated carbocycles. The molecular formula is C16H17F3N4O. The maximum absolute atomic E-state index is 12.6. The van der Waals surface area contributed by atoms with Crippen LogP contribution in [0.1, 0.15) is 24.2 Å². The molecule has 1 fully saturated rings. The first kappa shape index (κ1) is 16.6. The van der Waals surface area contributed by atoms with Crippen molar-refractivity contribution in [3.05, 3.63) is 48.0 Å². The Bertz CT molecular complexity index is 658. The van der Waals surface area contributed by atoms with Crippen molar-refractivity contribution in [3.63, 3.8) is 0 Å². The van der Waals surface area contributed by atoms with E-state index in [0.717, 1.165) is 37.6 Å². The van der Waals surface area contributed by atoms with Crippen molar-refractivity contribution < 1.29 is 17.9 Å². The van der Waals surface area contributed by atoms with E-state index in [2.05, 4.69) is 19.9 Å². The maximum Gasteiger partial charge on any atom is 0.433 e. The molecule has 2 aromatic rings. The van der Waals surface area contributed by atoms with Gasteiger partial charge in [0.1, 0.15) is 6.10 Å². The fraction of sp³-hybridized carbons (Fsp3) is 0.438. The number of nitrogens with zero attached hydrogens (tertiary/aromatic N) is 4. The monoisotopic (exact) mass is 338 g/mol. The summed E-state index contributed by atoms with van der Waals surface area (Å²) in [6, 6.07) is 6.41. The van der Waals surface area contributed by atoms with Gasteiger partial charge in [-0.15, -0.1) is 0 Å². The molecule has 0 N–H and O–H groups in total. The van der Waals surface area contributed by atoms with Gasteiger partial charge in [0.25, 0.3) is 0 Å². The summed E-state index contributed by atoms with van der Waals surface area (Å²) in [6.45, 7) is 2.34. The number of hydrogen-bond acceptors (Lipinski definition) is 5. The van der Waals surface area contributed by atoms with Gasteiger partial charge in [-0.25, -0.2) is 4.98 Å². The van der Waals surface area contributed by atoms with Crippen LogP contribution in [0.4, 0.5) is 13.2 Å². The second-order valence-corrected chi connectivity index (χ2v) is 5.64. The minimum absolute atomic E-state index is 0.173. The molecule has 0 atom stereocenters. The van der Waals surface area contributed by atoms with Gasteiger partial charge < -0.3 is 4.74 Å². The molecule has 1 aliphatic heterocycles. The van der Waals surface area contributed by atoms with Crippen molar-refractivity contribution in [2.75, 3.05) is 13.1 Å². The third-order valence-electron chi connectivity index (χ3n) is 3.84. The Kier molecular flexibility index (Phi) is 4.94. The fourth-order valence-electron chi connectivity index (χ4n) is 2.61. The Labute approximate surface area is 137 Å². The van der Waals surface area contributed by atoms with E-state index in [0.29, 0.717) is 12.8 Å². The van der Waals surface area contributed by atoms with Crippen LogP contribution in [0.15, 0.2) is 36.7 Å². The molecule has 0 unspecified atom stereocenters. The molecule has 24 heavy (non-hydrogen) atoms. The Morgan fingerprint density at radius 1 is 1.08 bits per heavy atom. The fourth-order valence-corrected chi connectivity index (χ4v) is 2.61. The normalized spacial score (nSPS) is 17.0. The Hall–Kier alpha value is -2.22. The van der Waals surface area contributed by atoms with E-state index >= 15 is 0 Å². The minimum Gasteiger partial charge on any atom is -0.460 e. The van der Waals surface area contributed by atoms with Crippen molar-refractivity contribution in [2.24, 2.45) is 0 Å². The molecule has 8 heteroatoms. The number of hydrogen-bond donors (Lipinski definition) is 0. The van der Waals surface area contributed by atoms with Crippen molar-refractivity contribution in [2.45, 2.75) is 31.7 Å². The predicted octanol–water partition coefficient (Wildman–Crippen LogP) is 2.93. The Morgan fingerprint density at radius 3 is 2.54 bits per heavy atom. The molecule has 2 aromatic heterocycles. The Balaban J connectivity index is 1.52. The van der Waals surface area contributed by atoms with Gasteiger partial charge in [0.2, 0.25) is 0 Å². The lowest BCUT2D eigenvalue weighted by atomic mass is 10.1. The molecule has 0 spiro atoms.